The smallest absolute Gasteiger partial charge is 0.210 e. The van der Waals surface area contributed by atoms with Crippen LogP contribution in [-0.2, 0) is 4.79 Å². The molecule has 1 aromatic carbocycles. The lowest BCUT2D eigenvalue weighted by Gasteiger charge is -2.21. The van der Waals surface area contributed by atoms with Crippen molar-refractivity contribution in [1.29, 1.82) is 0 Å². The average molecular weight is 286 g/mol. The molecular weight excluding hydrogens is 273 g/mol. The summed E-state index contributed by atoms with van der Waals surface area (Å²) in [6, 6.07) is 3.50. The number of hydrogen-bond acceptors (Lipinski definition) is 1. The molecular formula is C12H13BrFNO. The summed E-state index contributed by atoms with van der Waals surface area (Å²) in [6.07, 6.45) is 2.76. The van der Waals surface area contributed by atoms with Crippen LogP contribution in [0.15, 0.2) is 16.6 Å². The minimum atomic E-state index is -0.257. The van der Waals surface area contributed by atoms with Crippen LogP contribution in [0.1, 0.15) is 30.0 Å². The van der Waals surface area contributed by atoms with Crippen molar-refractivity contribution in [2.45, 2.75) is 25.8 Å². The molecule has 1 aliphatic rings. The summed E-state index contributed by atoms with van der Waals surface area (Å²) in [5.41, 5.74) is 1.76. The molecule has 0 spiro atoms. The predicted molar refractivity (Wildman–Crippen MR) is 63.6 cm³/mol. The first-order chi connectivity index (χ1) is 7.63. The number of rotatable bonds is 2. The first-order valence-corrected chi connectivity index (χ1v) is 6.09. The van der Waals surface area contributed by atoms with Crippen LogP contribution in [0.25, 0.3) is 0 Å². The van der Waals surface area contributed by atoms with Crippen LogP contribution < -0.4 is 0 Å². The fraction of sp³-hybridized carbons (Fsp3) is 0.417. The Morgan fingerprint density at radius 1 is 1.56 bits per heavy atom. The monoisotopic (exact) mass is 285 g/mol. The molecule has 1 unspecified atom stereocenters. The van der Waals surface area contributed by atoms with Gasteiger partial charge in [0.05, 0.1) is 10.5 Å². The van der Waals surface area contributed by atoms with Crippen LogP contribution in [0.3, 0.4) is 0 Å². The van der Waals surface area contributed by atoms with Gasteiger partial charge in [0.25, 0.3) is 0 Å². The normalized spacial score (nSPS) is 20.2. The molecule has 2 rings (SSSR count). The van der Waals surface area contributed by atoms with Gasteiger partial charge >= 0.3 is 0 Å². The van der Waals surface area contributed by atoms with Gasteiger partial charge in [0.2, 0.25) is 6.41 Å². The Kier molecular flexibility index (Phi) is 3.28. The van der Waals surface area contributed by atoms with Gasteiger partial charge < -0.3 is 4.90 Å². The van der Waals surface area contributed by atoms with Crippen LogP contribution >= 0.6 is 15.9 Å². The molecule has 0 saturated carbocycles. The van der Waals surface area contributed by atoms with E-state index in [-0.39, 0.29) is 11.9 Å². The van der Waals surface area contributed by atoms with Gasteiger partial charge in [-0.05, 0) is 52.9 Å². The molecule has 2 nitrogen and oxygen atoms in total. The summed E-state index contributed by atoms with van der Waals surface area (Å²) >= 11 is 3.20. The molecule has 4 heteroatoms. The molecule has 1 atom stereocenters. The molecule has 1 saturated heterocycles. The van der Waals surface area contributed by atoms with E-state index in [1.54, 1.807) is 4.90 Å². The Hall–Kier alpha value is -0.900. The number of nitrogens with zero attached hydrogens (tertiary/aromatic N) is 1. The number of halogens is 2. The highest BCUT2D eigenvalue weighted by Gasteiger charge is 2.25. The highest BCUT2D eigenvalue weighted by Crippen LogP contribution is 2.33. The first-order valence-electron chi connectivity index (χ1n) is 5.30. The van der Waals surface area contributed by atoms with Crippen molar-refractivity contribution in [3.05, 3.63) is 33.5 Å². The summed E-state index contributed by atoms with van der Waals surface area (Å²) in [5.74, 6) is -0.257. The van der Waals surface area contributed by atoms with Crippen molar-refractivity contribution in [2.24, 2.45) is 0 Å². The number of amides is 1. The molecule has 1 fully saturated rings. The topological polar surface area (TPSA) is 20.3 Å². The van der Waals surface area contributed by atoms with Gasteiger partial charge in [0, 0.05) is 6.54 Å². The quantitative estimate of drug-likeness (QED) is 0.765. The number of aryl methyl sites for hydroxylation is 1. The van der Waals surface area contributed by atoms with Gasteiger partial charge in [0.1, 0.15) is 5.82 Å². The van der Waals surface area contributed by atoms with Crippen molar-refractivity contribution in [1.82, 2.24) is 4.90 Å². The largest absolute Gasteiger partial charge is 0.338 e. The second-order valence-electron chi connectivity index (χ2n) is 4.13. The highest BCUT2D eigenvalue weighted by atomic mass is 79.9. The Morgan fingerprint density at radius 2 is 2.31 bits per heavy atom. The third kappa shape index (κ3) is 1.98. The molecule has 1 heterocycles. The first kappa shape index (κ1) is 11.6. The molecule has 0 aromatic heterocycles. The van der Waals surface area contributed by atoms with E-state index in [0.717, 1.165) is 36.9 Å². The van der Waals surface area contributed by atoms with Crippen LogP contribution in [0.4, 0.5) is 4.39 Å². The zero-order valence-electron chi connectivity index (χ0n) is 9.04. The molecule has 1 aliphatic heterocycles. The van der Waals surface area contributed by atoms with Gasteiger partial charge in [-0.3, -0.25) is 4.79 Å². The number of carbonyl (C=O) groups is 1. The van der Waals surface area contributed by atoms with Crippen LogP contribution in [-0.4, -0.2) is 17.9 Å². The zero-order valence-corrected chi connectivity index (χ0v) is 10.6. The zero-order chi connectivity index (χ0) is 11.7. The van der Waals surface area contributed by atoms with Crippen molar-refractivity contribution >= 4 is 22.3 Å². The van der Waals surface area contributed by atoms with E-state index >= 15 is 0 Å². The Bertz CT molecular complexity index is 398. The molecule has 1 amide bonds. The third-order valence-corrected chi connectivity index (χ3v) is 4.05. The van der Waals surface area contributed by atoms with Gasteiger partial charge in [-0.2, -0.15) is 0 Å². The summed E-state index contributed by atoms with van der Waals surface area (Å²) in [5, 5.41) is 0. The lowest BCUT2D eigenvalue weighted by atomic mass is 10.0. The summed E-state index contributed by atoms with van der Waals surface area (Å²) in [4.78, 5) is 12.6. The molecule has 1 aromatic rings. The van der Waals surface area contributed by atoms with Gasteiger partial charge in [-0.15, -0.1) is 0 Å². The second-order valence-corrected chi connectivity index (χ2v) is 4.93. The van der Waals surface area contributed by atoms with Crippen LogP contribution in [0, 0.1) is 12.7 Å². The maximum atomic E-state index is 13.6. The molecule has 0 N–H and O–H groups in total. The maximum Gasteiger partial charge on any atom is 0.210 e. The van der Waals surface area contributed by atoms with E-state index in [0.29, 0.717) is 4.47 Å². The van der Waals surface area contributed by atoms with E-state index in [4.69, 9.17) is 0 Å². The summed E-state index contributed by atoms with van der Waals surface area (Å²) in [7, 11) is 0. The van der Waals surface area contributed by atoms with E-state index in [1.165, 1.54) is 6.07 Å². The Morgan fingerprint density at radius 3 is 2.94 bits per heavy atom. The lowest BCUT2D eigenvalue weighted by Crippen LogP contribution is -2.21. The molecule has 86 valence electrons. The average Bonchev–Trinajstić information content (AvgIpc) is 2.73. The molecule has 0 bridgehead atoms. The molecule has 0 radical (unpaired) electrons. The van der Waals surface area contributed by atoms with E-state index < -0.39 is 0 Å². The molecule has 16 heavy (non-hydrogen) atoms. The molecule has 0 aliphatic carbocycles. The van der Waals surface area contributed by atoms with Crippen molar-refractivity contribution in [3.8, 4) is 0 Å². The summed E-state index contributed by atoms with van der Waals surface area (Å²) in [6.45, 7) is 2.63. The SMILES string of the molecule is Cc1cc(C2CCCN2C=O)cc(F)c1Br. The summed E-state index contributed by atoms with van der Waals surface area (Å²) < 4.78 is 14.1. The Balaban J connectivity index is 2.37. The fourth-order valence-corrected chi connectivity index (χ4v) is 2.45. The van der Waals surface area contributed by atoms with Crippen molar-refractivity contribution < 1.29 is 9.18 Å². The van der Waals surface area contributed by atoms with E-state index in [2.05, 4.69) is 15.9 Å². The van der Waals surface area contributed by atoms with Crippen molar-refractivity contribution in [2.75, 3.05) is 6.54 Å². The number of likely N-dealkylation sites (tertiary alicyclic amines) is 1. The minimum absolute atomic E-state index is 0.0406. The van der Waals surface area contributed by atoms with Gasteiger partial charge in [-0.25, -0.2) is 4.39 Å². The van der Waals surface area contributed by atoms with E-state index in [1.807, 2.05) is 13.0 Å². The Labute approximate surface area is 103 Å². The van der Waals surface area contributed by atoms with Crippen molar-refractivity contribution in [3.63, 3.8) is 0 Å². The maximum absolute atomic E-state index is 13.6. The van der Waals surface area contributed by atoms with E-state index in [9.17, 15) is 9.18 Å². The van der Waals surface area contributed by atoms with Crippen LogP contribution in [0.2, 0.25) is 0 Å². The number of benzene rings is 1. The van der Waals surface area contributed by atoms with Gasteiger partial charge in [-0.1, -0.05) is 6.07 Å². The predicted octanol–water partition coefficient (Wildman–Crippen LogP) is 3.19. The number of hydrogen-bond donors (Lipinski definition) is 0. The minimum Gasteiger partial charge on any atom is -0.338 e. The standard InChI is InChI=1S/C12H13BrFNO/c1-8-5-9(6-10(14)12(8)13)11-3-2-4-15(11)7-16/h5-7,11H,2-4H2,1H3. The van der Waals surface area contributed by atoms with Crippen LogP contribution in [0.5, 0.6) is 0 Å². The highest BCUT2D eigenvalue weighted by molar-refractivity contribution is 9.10. The second kappa shape index (κ2) is 4.53. The third-order valence-electron chi connectivity index (χ3n) is 3.05. The van der Waals surface area contributed by atoms with Gasteiger partial charge in [0.15, 0.2) is 0 Å². The lowest BCUT2D eigenvalue weighted by molar-refractivity contribution is -0.118. The number of carbonyl (C=O) groups excluding carboxylic acids is 1. The fourth-order valence-electron chi connectivity index (χ4n) is 2.22.